The maximum atomic E-state index is 12.1. The Morgan fingerprint density at radius 2 is 2.12 bits per heavy atom. The fraction of sp³-hybridized carbons (Fsp3) is 0.471. The fourth-order valence-electron chi connectivity index (χ4n) is 2.80. The van der Waals surface area contributed by atoms with E-state index in [-0.39, 0.29) is 24.5 Å². The molecular formula is C17H20ClN3O3. The van der Waals surface area contributed by atoms with Crippen molar-refractivity contribution in [3.05, 3.63) is 34.9 Å². The van der Waals surface area contributed by atoms with Gasteiger partial charge in [-0.3, -0.25) is 9.59 Å². The molecule has 2 aliphatic rings. The summed E-state index contributed by atoms with van der Waals surface area (Å²) in [7, 11) is 0. The number of hydrogen-bond donors (Lipinski definition) is 1. The van der Waals surface area contributed by atoms with Crippen LogP contribution in [0.25, 0.3) is 0 Å². The monoisotopic (exact) mass is 349 g/mol. The number of rotatable bonds is 5. The molecule has 24 heavy (non-hydrogen) atoms. The van der Waals surface area contributed by atoms with E-state index in [1.165, 1.54) is 5.01 Å². The van der Waals surface area contributed by atoms with E-state index < -0.39 is 0 Å². The molecule has 1 N–H and O–H groups in total. The molecule has 0 aromatic heterocycles. The van der Waals surface area contributed by atoms with E-state index >= 15 is 0 Å². The molecule has 3 rings (SSSR count). The standard InChI is InChI=1S/C17H20ClN3O3/c18-13-5-3-12(4-6-13)15-7-8-17(23)21(20-15)11-16(22)19-10-14-2-1-9-24-14/h3-6,14H,1-2,7-11H2,(H,19,22). The van der Waals surface area contributed by atoms with Gasteiger partial charge in [0, 0.05) is 31.0 Å². The summed E-state index contributed by atoms with van der Waals surface area (Å²) in [6.45, 7) is 1.16. The molecule has 0 saturated carbocycles. The molecule has 1 atom stereocenters. The first-order valence-electron chi connectivity index (χ1n) is 8.14. The quantitative estimate of drug-likeness (QED) is 0.883. The van der Waals surface area contributed by atoms with E-state index in [9.17, 15) is 9.59 Å². The first-order valence-corrected chi connectivity index (χ1v) is 8.52. The van der Waals surface area contributed by atoms with Crippen LogP contribution < -0.4 is 5.32 Å². The SMILES string of the molecule is O=C(CN1N=C(c2ccc(Cl)cc2)CCC1=O)NCC1CCCO1. The number of amides is 2. The van der Waals surface area contributed by atoms with Crippen LogP contribution in [0.1, 0.15) is 31.2 Å². The molecule has 0 aliphatic carbocycles. The van der Waals surface area contributed by atoms with Gasteiger partial charge in [0.05, 0.1) is 11.8 Å². The molecule has 1 fully saturated rings. The highest BCUT2D eigenvalue weighted by Crippen LogP contribution is 2.17. The molecule has 2 aliphatic heterocycles. The summed E-state index contributed by atoms with van der Waals surface area (Å²) in [5.74, 6) is -0.361. The molecule has 6 nitrogen and oxygen atoms in total. The van der Waals surface area contributed by atoms with Crippen molar-refractivity contribution in [2.24, 2.45) is 5.10 Å². The molecule has 1 aromatic carbocycles. The van der Waals surface area contributed by atoms with Gasteiger partial charge in [0.25, 0.3) is 0 Å². The van der Waals surface area contributed by atoms with Crippen LogP contribution in [0.2, 0.25) is 5.02 Å². The van der Waals surface area contributed by atoms with Gasteiger partial charge in [0.2, 0.25) is 11.8 Å². The van der Waals surface area contributed by atoms with Crippen LogP contribution in [0, 0.1) is 0 Å². The van der Waals surface area contributed by atoms with Crippen LogP contribution in [0.15, 0.2) is 29.4 Å². The number of ether oxygens (including phenoxy) is 1. The zero-order valence-corrected chi connectivity index (χ0v) is 14.1. The Labute approximate surface area is 145 Å². The van der Waals surface area contributed by atoms with Crippen molar-refractivity contribution < 1.29 is 14.3 Å². The van der Waals surface area contributed by atoms with Gasteiger partial charge in [-0.2, -0.15) is 5.10 Å². The van der Waals surface area contributed by atoms with Crippen molar-refractivity contribution in [3.8, 4) is 0 Å². The van der Waals surface area contributed by atoms with Gasteiger partial charge in [-0.05, 0) is 30.5 Å². The third kappa shape index (κ3) is 4.33. The first kappa shape index (κ1) is 16.9. The molecule has 2 heterocycles. The number of benzene rings is 1. The van der Waals surface area contributed by atoms with Gasteiger partial charge >= 0.3 is 0 Å². The van der Waals surface area contributed by atoms with Gasteiger partial charge in [-0.15, -0.1) is 0 Å². The normalized spacial score (nSPS) is 20.9. The second-order valence-corrected chi connectivity index (χ2v) is 6.38. The number of carbonyl (C=O) groups is 2. The number of nitrogens with zero attached hydrogens (tertiary/aromatic N) is 2. The molecule has 0 radical (unpaired) electrons. The zero-order valence-electron chi connectivity index (χ0n) is 13.3. The molecule has 0 spiro atoms. The molecule has 0 bridgehead atoms. The minimum Gasteiger partial charge on any atom is -0.376 e. The van der Waals surface area contributed by atoms with Gasteiger partial charge in [-0.25, -0.2) is 5.01 Å². The summed E-state index contributed by atoms with van der Waals surface area (Å²) in [4.78, 5) is 24.1. The van der Waals surface area contributed by atoms with Crippen LogP contribution in [-0.2, 0) is 14.3 Å². The molecule has 1 unspecified atom stereocenters. The van der Waals surface area contributed by atoms with Crippen LogP contribution in [-0.4, -0.2) is 48.3 Å². The summed E-state index contributed by atoms with van der Waals surface area (Å²) < 4.78 is 5.47. The van der Waals surface area contributed by atoms with Gasteiger partial charge in [0.15, 0.2) is 0 Å². The smallest absolute Gasteiger partial charge is 0.243 e. The van der Waals surface area contributed by atoms with Gasteiger partial charge in [-0.1, -0.05) is 23.7 Å². The number of carbonyl (C=O) groups excluding carboxylic acids is 2. The highest BCUT2D eigenvalue weighted by molar-refractivity contribution is 6.30. The van der Waals surface area contributed by atoms with Crippen molar-refractivity contribution in [2.75, 3.05) is 19.7 Å². The predicted molar refractivity (Wildman–Crippen MR) is 90.9 cm³/mol. The largest absolute Gasteiger partial charge is 0.376 e. The highest BCUT2D eigenvalue weighted by atomic mass is 35.5. The van der Waals surface area contributed by atoms with Crippen LogP contribution in [0.5, 0.6) is 0 Å². The maximum Gasteiger partial charge on any atom is 0.243 e. The summed E-state index contributed by atoms with van der Waals surface area (Å²) in [5.41, 5.74) is 1.70. The number of hydrogen-bond acceptors (Lipinski definition) is 4. The Hall–Kier alpha value is -1.92. The van der Waals surface area contributed by atoms with Crippen LogP contribution in [0.4, 0.5) is 0 Å². The third-order valence-electron chi connectivity index (χ3n) is 4.13. The summed E-state index contributed by atoms with van der Waals surface area (Å²) in [6, 6.07) is 7.31. The molecule has 2 amide bonds. The second kappa shape index (κ2) is 7.77. The van der Waals surface area contributed by atoms with E-state index in [2.05, 4.69) is 10.4 Å². The summed E-state index contributed by atoms with van der Waals surface area (Å²) >= 11 is 5.89. The van der Waals surface area contributed by atoms with E-state index in [4.69, 9.17) is 16.3 Å². The lowest BCUT2D eigenvalue weighted by Gasteiger charge is -2.23. The van der Waals surface area contributed by atoms with E-state index in [0.29, 0.717) is 24.4 Å². The lowest BCUT2D eigenvalue weighted by Crippen LogP contribution is -2.42. The second-order valence-electron chi connectivity index (χ2n) is 5.94. The zero-order chi connectivity index (χ0) is 16.9. The van der Waals surface area contributed by atoms with Gasteiger partial charge in [0.1, 0.15) is 6.54 Å². The average Bonchev–Trinajstić information content (AvgIpc) is 3.09. The summed E-state index contributed by atoms with van der Waals surface area (Å²) in [5, 5.41) is 9.06. The predicted octanol–water partition coefficient (Wildman–Crippen LogP) is 1.96. The van der Waals surface area contributed by atoms with E-state index in [1.807, 2.05) is 12.1 Å². The number of halogens is 1. The Balaban J connectivity index is 1.60. The van der Waals surface area contributed by atoms with Crippen LogP contribution >= 0.6 is 11.6 Å². The summed E-state index contributed by atoms with van der Waals surface area (Å²) in [6.07, 6.45) is 2.98. The van der Waals surface area contributed by atoms with Crippen molar-refractivity contribution in [1.29, 1.82) is 0 Å². The van der Waals surface area contributed by atoms with Crippen molar-refractivity contribution in [1.82, 2.24) is 10.3 Å². The minimum atomic E-state index is -0.222. The Kier molecular flexibility index (Phi) is 5.48. The molecular weight excluding hydrogens is 330 g/mol. The Morgan fingerprint density at radius 3 is 2.83 bits per heavy atom. The average molecular weight is 350 g/mol. The van der Waals surface area contributed by atoms with Crippen molar-refractivity contribution in [2.45, 2.75) is 31.8 Å². The van der Waals surface area contributed by atoms with Crippen LogP contribution in [0.3, 0.4) is 0 Å². The molecule has 7 heteroatoms. The Bertz CT molecular complexity index is 639. The molecule has 1 aromatic rings. The first-order chi connectivity index (χ1) is 11.6. The van der Waals surface area contributed by atoms with Crippen molar-refractivity contribution >= 4 is 29.1 Å². The third-order valence-corrected chi connectivity index (χ3v) is 4.38. The lowest BCUT2D eigenvalue weighted by atomic mass is 10.0. The fourth-order valence-corrected chi connectivity index (χ4v) is 2.92. The van der Waals surface area contributed by atoms with E-state index in [1.54, 1.807) is 12.1 Å². The molecule has 1 saturated heterocycles. The Morgan fingerprint density at radius 1 is 1.33 bits per heavy atom. The van der Waals surface area contributed by atoms with Crippen molar-refractivity contribution in [3.63, 3.8) is 0 Å². The van der Waals surface area contributed by atoms with Gasteiger partial charge < -0.3 is 10.1 Å². The lowest BCUT2D eigenvalue weighted by molar-refractivity contribution is -0.136. The maximum absolute atomic E-state index is 12.1. The number of nitrogens with one attached hydrogen (secondary N) is 1. The molecule has 128 valence electrons. The minimum absolute atomic E-state index is 0.0668. The van der Waals surface area contributed by atoms with E-state index in [0.717, 1.165) is 30.7 Å². The number of hydrazone groups is 1. The topological polar surface area (TPSA) is 71.0 Å². The highest BCUT2D eigenvalue weighted by Gasteiger charge is 2.24.